The Morgan fingerprint density at radius 2 is 2.15 bits per heavy atom. The number of aromatic nitrogens is 1. The van der Waals surface area contributed by atoms with Crippen LogP contribution in [0.2, 0.25) is 0 Å². The molecule has 0 radical (unpaired) electrons. The molecule has 5 heteroatoms. The minimum absolute atomic E-state index is 0.0852. The molecule has 3 heterocycles. The van der Waals surface area contributed by atoms with Crippen molar-refractivity contribution in [2.24, 2.45) is 5.92 Å². The van der Waals surface area contributed by atoms with Crippen molar-refractivity contribution in [3.05, 3.63) is 18.3 Å². The van der Waals surface area contributed by atoms with Crippen molar-refractivity contribution < 1.29 is 4.79 Å². The van der Waals surface area contributed by atoms with Gasteiger partial charge in [0.25, 0.3) is 0 Å². The number of hydrogen-bond acceptors (Lipinski definition) is 4. The number of amides is 1. The van der Waals surface area contributed by atoms with Crippen LogP contribution in [0.25, 0.3) is 0 Å². The molecule has 108 valence electrons. The van der Waals surface area contributed by atoms with Gasteiger partial charge >= 0.3 is 0 Å². The zero-order valence-electron chi connectivity index (χ0n) is 11.8. The van der Waals surface area contributed by atoms with Crippen LogP contribution in [0.15, 0.2) is 18.3 Å². The van der Waals surface area contributed by atoms with Crippen molar-refractivity contribution >= 4 is 17.4 Å². The van der Waals surface area contributed by atoms with Crippen LogP contribution in [-0.4, -0.2) is 37.1 Å². The first-order valence-corrected chi connectivity index (χ1v) is 7.55. The number of anilines is 2. The fraction of sp³-hybridized carbons (Fsp3) is 0.600. The zero-order valence-corrected chi connectivity index (χ0v) is 11.8. The molecule has 1 aromatic heterocycles. The molecular formula is C15H22N4O. The summed E-state index contributed by atoms with van der Waals surface area (Å²) < 4.78 is 0. The lowest BCUT2D eigenvalue weighted by Crippen LogP contribution is -2.37. The van der Waals surface area contributed by atoms with Gasteiger partial charge in [-0.05, 0) is 44.4 Å². The van der Waals surface area contributed by atoms with Gasteiger partial charge in [0, 0.05) is 19.6 Å². The van der Waals surface area contributed by atoms with E-state index in [2.05, 4.69) is 20.5 Å². The highest BCUT2D eigenvalue weighted by molar-refractivity contribution is 5.92. The molecule has 1 atom stereocenters. The monoisotopic (exact) mass is 274 g/mol. The quantitative estimate of drug-likeness (QED) is 0.879. The van der Waals surface area contributed by atoms with Gasteiger partial charge in [-0.25, -0.2) is 4.98 Å². The second kappa shape index (κ2) is 6.22. The SMILES string of the molecule is O=C(Nc1ccc(N2CCCC2)nc1)C1CCCNC1. The van der Waals surface area contributed by atoms with Gasteiger partial charge in [-0.15, -0.1) is 0 Å². The van der Waals surface area contributed by atoms with Gasteiger partial charge in [0.2, 0.25) is 5.91 Å². The molecule has 0 bridgehead atoms. The van der Waals surface area contributed by atoms with Gasteiger partial charge < -0.3 is 15.5 Å². The highest BCUT2D eigenvalue weighted by atomic mass is 16.1. The molecule has 2 aliphatic heterocycles. The average molecular weight is 274 g/mol. The number of hydrogen-bond donors (Lipinski definition) is 2. The van der Waals surface area contributed by atoms with E-state index in [0.29, 0.717) is 0 Å². The van der Waals surface area contributed by atoms with E-state index in [4.69, 9.17) is 0 Å². The van der Waals surface area contributed by atoms with Crippen molar-refractivity contribution in [2.45, 2.75) is 25.7 Å². The van der Waals surface area contributed by atoms with Crippen LogP contribution in [0.1, 0.15) is 25.7 Å². The Morgan fingerprint density at radius 3 is 2.80 bits per heavy atom. The van der Waals surface area contributed by atoms with Crippen LogP contribution < -0.4 is 15.5 Å². The number of piperidine rings is 1. The van der Waals surface area contributed by atoms with Gasteiger partial charge in [-0.2, -0.15) is 0 Å². The van der Waals surface area contributed by atoms with Gasteiger partial charge in [0.15, 0.2) is 0 Å². The maximum Gasteiger partial charge on any atom is 0.228 e. The predicted molar refractivity (Wildman–Crippen MR) is 79.9 cm³/mol. The smallest absolute Gasteiger partial charge is 0.228 e. The van der Waals surface area contributed by atoms with E-state index in [1.165, 1.54) is 12.8 Å². The molecule has 20 heavy (non-hydrogen) atoms. The summed E-state index contributed by atoms with van der Waals surface area (Å²) in [7, 11) is 0. The van der Waals surface area contributed by atoms with Crippen molar-refractivity contribution in [2.75, 3.05) is 36.4 Å². The molecular weight excluding hydrogens is 252 g/mol. The van der Waals surface area contributed by atoms with Gasteiger partial charge in [0.1, 0.15) is 5.82 Å². The summed E-state index contributed by atoms with van der Waals surface area (Å²) in [6, 6.07) is 3.95. The maximum absolute atomic E-state index is 12.1. The molecule has 1 amide bonds. The predicted octanol–water partition coefficient (Wildman–Crippen LogP) is 1.62. The number of carbonyl (C=O) groups is 1. The Balaban J connectivity index is 1.58. The molecule has 2 N–H and O–H groups in total. The first-order chi connectivity index (χ1) is 9.83. The third-order valence-corrected chi connectivity index (χ3v) is 4.11. The number of rotatable bonds is 3. The van der Waals surface area contributed by atoms with E-state index in [-0.39, 0.29) is 11.8 Å². The molecule has 1 unspecified atom stereocenters. The first kappa shape index (κ1) is 13.4. The molecule has 2 aliphatic rings. The lowest BCUT2D eigenvalue weighted by Gasteiger charge is -2.22. The largest absolute Gasteiger partial charge is 0.357 e. The molecule has 0 aromatic carbocycles. The maximum atomic E-state index is 12.1. The van der Waals surface area contributed by atoms with Gasteiger partial charge in [-0.1, -0.05) is 0 Å². The number of carbonyl (C=O) groups excluding carboxylic acids is 1. The molecule has 1 aromatic rings. The van der Waals surface area contributed by atoms with E-state index in [1.54, 1.807) is 6.20 Å². The summed E-state index contributed by atoms with van der Waals surface area (Å²) >= 11 is 0. The van der Waals surface area contributed by atoms with E-state index in [0.717, 1.165) is 50.5 Å². The van der Waals surface area contributed by atoms with Crippen LogP contribution in [0.3, 0.4) is 0 Å². The summed E-state index contributed by atoms with van der Waals surface area (Å²) in [5.74, 6) is 1.20. The fourth-order valence-electron chi connectivity index (χ4n) is 2.91. The Hall–Kier alpha value is -1.62. The Morgan fingerprint density at radius 1 is 1.30 bits per heavy atom. The van der Waals surface area contributed by atoms with Crippen LogP contribution in [0.4, 0.5) is 11.5 Å². The zero-order chi connectivity index (χ0) is 13.8. The normalized spacial score (nSPS) is 22.8. The van der Waals surface area contributed by atoms with E-state index >= 15 is 0 Å². The second-order valence-electron chi connectivity index (χ2n) is 5.63. The fourth-order valence-corrected chi connectivity index (χ4v) is 2.91. The van der Waals surface area contributed by atoms with Crippen LogP contribution in [0.5, 0.6) is 0 Å². The first-order valence-electron chi connectivity index (χ1n) is 7.55. The molecule has 2 saturated heterocycles. The van der Waals surface area contributed by atoms with Gasteiger partial charge in [-0.3, -0.25) is 4.79 Å². The lowest BCUT2D eigenvalue weighted by atomic mass is 9.99. The molecule has 2 fully saturated rings. The minimum Gasteiger partial charge on any atom is -0.357 e. The van der Waals surface area contributed by atoms with Crippen molar-refractivity contribution in [3.8, 4) is 0 Å². The molecule has 0 aliphatic carbocycles. The van der Waals surface area contributed by atoms with Crippen LogP contribution in [-0.2, 0) is 4.79 Å². The second-order valence-corrected chi connectivity index (χ2v) is 5.63. The summed E-state index contributed by atoms with van der Waals surface area (Å²) in [4.78, 5) is 18.9. The number of pyridine rings is 1. The summed E-state index contributed by atoms with van der Waals surface area (Å²) in [5, 5.41) is 6.23. The number of nitrogens with one attached hydrogen (secondary N) is 2. The van der Waals surface area contributed by atoms with Crippen LogP contribution >= 0.6 is 0 Å². The third-order valence-electron chi connectivity index (χ3n) is 4.11. The van der Waals surface area contributed by atoms with Crippen molar-refractivity contribution in [1.82, 2.24) is 10.3 Å². The Bertz CT molecular complexity index is 447. The summed E-state index contributed by atoms with van der Waals surface area (Å²) in [6.07, 6.45) is 6.30. The van der Waals surface area contributed by atoms with E-state index in [1.807, 2.05) is 12.1 Å². The molecule has 0 spiro atoms. The molecule has 5 nitrogen and oxygen atoms in total. The summed E-state index contributed by atoms with van der Waals surface area (Å²) in [6.45, 7) is 3.99. The van der Waals surface area contributed by atoms with Crippen molar-refractivity contribution in [1.29, 1.82) is 0 Å². The lowest BCUT2D eigenvalue weighted by molar-refractivity contribution is -0.120. The summed E-state index contributed by atoms with van der Waals surface area (Å²) in [5.41, 5.74) is 0.795. The highest BCUT2D eigenvalue weighted by Gasteiger charge is 2.21. The van der Waals surface area contributed by atoms with Gasteiger partial charge in [0.05, 0.1) is 17.8 Å². The molecule has 3 rings (SSSR count). The van der Waals surface area contributed by atoms with E-state index < -0.39 is 0 Å². The Labute approximate surface area is 119 Å². The molecule has 0 saturated carbocycles. The Kier molecular flexibility index (Phi) is 4.16. The van der Waals surface area contributed by atoms with Crippen molar-refractivity contribution in [3.63, 3.8) is 0 Å². The van der Waals surface area contributed by atoms with Crippen LogP contribution in [0, 0.1) is 5.92 Å². The third kappa shape index (κ3) is 3.10. The topological polar surface area (TPSA) is 57.3 Å². The van der Waals surface area contributed by atoms with E-state index in [9.17, 15) is 4.79 Å². The standard InChI is InChI=1S/C15H22N4O/c20-15(12-4-3-7-16-10-12)18-13-5-6-14(17-11-13)19-8-1-2-9-19/h5-6,11-12,16H,1-4,7-10H2,(H,18,20). The number of nitrogens with zero attached hydrogens (tertiary/aromatic N) is 2. The average Bonchev–Trinajstić information content (AvgIpc) is 3.03. The highest BCUT2D eigenvalue weighted by Crippen LogP contribution is 2.20. The minimum atomic E-state index is 0.0852.